The first kappa shape index (κ1) is 15.0. The number of carboxylic acid groups (broad SMARTS) is 1. The van der Waals surface area contributed by atoms with Gasteiger partial charge in [-0.2, -0.15) is 0 Å². The van der Waals surface area contributed by atoms with Crippen molar-refractivity contribution in [1.29, 1.82) is 0 Å². The third kappa shape index (κ3) is 4.99. The van der Waals surface area contributed by atoms with Crippen molar-refractivity contribution >= 4 is 12.1 Å². The molecule has 0 aliphatic heterocycles. The van der Waals surface area contributed by atoms with Crippen LogP contribution in [0.2, 0.25) is 0 Å². The molecule has 1 aromatic rings. The summed E-state index contributed by atoms with van der Waals surface area (Å²) in [5.74, 6) is -1.51. The van der Waals surface area contributed by atoms with E-state index < -0.39 is 18.1 Å². The van der Waals surface area contributed by atoms with Crippen molar-refractivity contribution in [1.82, 2.24) is 5.32 Å². The number of carboxylic acids is 1. The minimum Gasteiger partial charge on any atom is -0.548 e. The maximum atomic E-state index is 11.5. The standard InChI is InChI=1S/C14H19NO4/c1-3-10(2)12(13(16)17)15-14(18)19-9-11-7-5-4-6-8-11/h4-8,10,12H,3,9H2,1-2H3,(H,15,18)(H,16,17)/p-1/t10-,12-/m1/s1. The minimum atomic E-state index is -1.30. The molecule has 2 atom stereocenters. The number of ether oxygens (including phenoxy) is 1. The van der Waals surface area contributed by atoms with Crippen molar-refractivity contribution in [3.05, 3.63) is 35.9 Å². The van der Waals surface area contributed by atoms with Crippen LogP contribution in [0, 0.1) is 5.92 Å². The topological polar surface area (TPSA) is 78.5 Å². The molecule has 0 fully saturated rings. The number of carbonyl (C=O) groups is 2. The van der Waals surface area contributed by atoms with Crippen LogP contribution in [0.5, 0.6) is 0 Å². The summed E-state index contributed by atoms with van der Waals surface area (Å²) < 4.78 is 4.96. The Balaban J connectivity index is 2.47. The number of carbonyl (C=O) groups excluding carboxylic acids is 2. The van der Waals surface area contributed by atoms with E-state index in [0.717, 1.165) is 5.56 Å². The van der Waals surface area contributed by atoms with Crippen molar-refractivity contribution in [3.63, 3.8) is 0 Å². The number of aliphatic carboxylic acids is 1. The summed E-state index contributed by atoms with van der Waals surface area (Å²) in [6, 6.07) is 8.13. The van der Waals surface area contributed by atoms with Crippen LogP contribution >= 0.6 is 0 Å². The second-order valence-electron chi connectivity index (χ2n) is 4.39. The van der Waals surface area contributed by atoms with Gasteiger partial charge in [0.25, 0.3) is 0 Å². The maximum Gasteiger partial charge on any atom is 0.408 e. The summed E-state index contributed by atoms with van der Waals surface area (Å²) in [5.41, 5.74) is 0.839. The van der Waals surface area contributed by atoms with Crippen molar-refractivity contribution in [2.75, 3.05) is 0 Å². The molecule has 0 heterocycles. The molecule has 1 rings (SSSR count). The lowest BCUT2D eigenvalue weighted by atomic mass is 10.00. The highest BCUT2D eigenvalue weighted by Crippen LogP contribution is 2.08. The van der Waals surface area contributed by atoms with Crippen LogP contribution in [0.4, 0.5) is 4.79 Å². The maximum absolute atomic E-state index is 11.5. The molecule has 0 saturated heterocycles. The number of rotatable bonds is 6. The smallest absolute Gasteiger partial charge is 0.408 e. The van der Waals surface area contributed by atoms with E-state index in [2.05, 4.69) is 5.32 Å². The second kappa shape index (κ2) is 7.41. The van der Waals surface area contributed by atoms with E-state index in [-0.39, 0.29) is 12.5 Å². The largest absolute Gasteiger partial charge is 0.548 e. The van der Waals surface area contributed by atoms with Gasteiger partial charge in [0, 0.05) is 0 Å². The Hall–Kier alpha value is -2.04. The van der Waals surface area contributed by atoms with Crippen molar-refractivity contribution in [2.24, 2.45) is 5.92 Å². The van der Waals surface area contributed by atoms with E-state index in [9.17, 15) is 14.7 Å². The first-order chi connectivity index (χ1) is 9.04. The summed E-state index contributed by atoms with van der Waals surface area (Å²) in [6.07, 6.45) is -0.129. The SMILES string of the molecule is CC[C@@H](C)[C@@H](NC(=O)OCc1ccccc1)C(=O)[O-]. The lowest BCUT2D eigenvalue weighted by molar-refractivity contribution is -0.309. The molecule has 1 aromatic carbocycles. The molecule has 0 saturated carbocycles. The summed E-state index contributed by atoms with van der Waals surface area (Å²) in [6.45, 7) is 3.68. The summed E-state index contributed by atoms with van der Waals surface area (Å²) in [5, 5.41) is 13.2. The van der Waals surface area contributed by atoms with Crippen LogP contribution in [-0.4, -0.2) is 18.1 Å². The molecule has 0 radical (unpaired) electrons. The highest BCUT2D eigenvalue weighted by atomic mass is 16.5. The van der Waals surface area contributed by atoms with E-state index in [1.54, 1.807) is 6.92 Å². The second-order valence-corrected chi connectivity index (χ2v) is 4.39. The Kier molecular flexibility index (Phi) is 5.85. The van der Waals surface area contributed by atoms with Gasteiger partial charge in [0.1, 0.15) is 6.61 Å². The molecule has 5 nitrogen and oxygen atoms in total. The molecule has 0 spiro atoms. The number of benzene rings is 1. The Labute approximate surface area is 112 Å². The molecular formula is C14H18NO4-. The van der Waals surface area contributed by atoms with Gasteiger partial charge >= 0.3 is 6.09 Å². The highest BCUT2D eigenvalue weighted by Gasteiger charge is 2.19. The van der Waals surface area contributed by atoms with Gasteiger partial charge in [-0.3, -0.25) is 0 Å². The molecule has 0 aliphatic rings. The van der Waals surface area contributed by atoms with Gasteiger partial charge in [-0.15, -0.1) is 0 Å². The van der Waals surface area contributed by atoms with Crippen LogP contribution in [0.3, 0.4) is 0 Å². The number of hydrogen-bond donors (Lipinski definition) is 1. The fraction of sp³-hybridized carbons (Fsp3) is 0.429. The molecule has 0 unspecified atom stereocenters. The number of hydrogen-bond acceptors (Lipinski definition) is 4. The summed E-state index contributed by atoms with van der Waals surface area (Å²) in [7, 11) is 0. The van der Waals surface area contributed by atoms with Gasteiger partial charge in [0.2, 0.25) is 0 Å². The Morgan fingerprint density at radius 2 is 1.95 bits per heavy atom. The molecule has 0 aliphatic carbocycles. The molecule has 19 heavy (non-hydrogen) atoms. The predicted octanol–water partition coefficient (Wildman–Crippen LogP) is 1.08. The fourth-order valence-electron chi connectivity index (χ4n) is 1.56. The molecule has 0 bridgehead atoms. The van der Waals surface area contributed by atoms with E-state index >= 15 is 0 Å². The zero-order valence-corrected chi connectivity index (χ0v) is 11.1. The monoisotopic (exact) mass is 264 g/mol. The fourth-order valence-corrected chi connectivity index (χ4v) is 1.56. The zero-order chi connectivity index (χ0) is 14.3. The lowest BCUT2D eigenvalue weighted by Gasteiger charge is -2.24. The molecule has 1 N–H and O–H groups in total. The first-order valence-corrected chi connectivity index (χ1v) is 6.22. The predicted molar refractivity (Wildman–Crippen MR) is 68.0 cm³/mol. The van der Waals surface area contributed by atoms with Crippen LogP contribution in [-0.2, 0) is 16.1 Å². The van der Waals surface area contributed by atoms with Crippen molar-refractivity contribution in [2.45, 2.75) is 32.9 Å². The van der Waals surface area contributed by atoms with Crippen LogP contribution < -0.4 is 10.4 Å². The molecule has 1 amide bonds. The molecule has 0 aromatic heterocycles. The number of amides is 1. The molecule has 5 heteroatoms. The lowest BCUT2D eigenvalue weighted by Crippen LogP contribution is -2.51. The van der Waals surface area contributed by atoms with E-state index in [1.165, 1.54) is 0 Å². The average Bonchev–Trinajstić information content (AvgIpc) is 2.42. The van der Waals surface area contributed by atoms with Crippen molar-refractivity contribution < 1.29 is 19.4 Å². The normalized spacial score (nSPS) is 13.4. The number of alkyl carbamates (subject to hydrolysis) is 1. The highest BCUT2D eigenvalue weighted by molar-refractivity contribution is 5.78. The summed E-state index contributed by atoms with van der Waals surface area (Å²) >= 11 is 0. The van der Waals surface area contributed by atoms with Gasteiger partial charge in [0.05, 0.1) is 12.0 Å². The van der Waals surface area contributed by atoms with Crippen LogP contribution in [0.1, 0.15) is 25.8 Å². The number of nitrogens with one attached hydrogen (secondary N) is 1. The van der Waals surface area contributed by atoms with Crippen LogP contribution in [0.15, 0.2) is 30.3 Å². The Bertz CT molecular complexity index is 419. The Morgan fingerprint density at radius 1 is 1.32 bits per heavy atom. The van der Waals surface area contributed by atoms with Gasteiger partial charge < -0.3 is 20.0 Å². The van der Waals surface area contributed by atoms with E-state index in [4.69, 9.17) is 4.74 Å². The average molecular weight is 264 g/mol. The minimum absolute atomic E-state index is 0.104. The summed E-state index contributed by atoms with van der Waals surface area (Å²) in [4.78, 5) is 22.5. The quantitative estimate of drug-likeness (QED) is 0.833. The first-order valence-electron chi connectivity index (χ1n) is 6.22. The third-order valence-electron chi connectivity index (χ3n) is 2.95. The van der Waals surface area contributed by atoms with Gasteiger partial charge in [-0.25, -0.2) is 4.79 Å². The zero-order valence-electron chi connectivity index (χ0n) is 11.1. The van der Waals surface area contributed by atoms with E-state index in [1.807, 2.05) is 37.3 Å². The molecular weight excluding hydrogens is 246 g/mol. The third-order valence-corrected chi connectivity index (χ3v) is 2.95. The van der Waals surface area contributed by atoms with Gasteiger partial charge in [-0.05, 0) is 11.5 Å². The van der Waals surface area contributed by atoms with E-state index in [0.29, 0.717) is 6.42 Å². The van der Waals surface area contributed by atoms with Gasteiger partial charge in [0.15, 0.2) is 0 Å². The molecule has 104 valence electrons. The van der Waals surface area contributed by atoms with Gasteiger partial charge in [-0.1, -0.05) is 50.6 Å². The van der Waals surface area contributed by atoms with Crippen molar-refractivity contribution in [3.8, 4) is 0 Å². The van der Waals surface area contributed by atoms with Crippen LogP contribution in [0.25, 0.3) is 0 Å². The Morgan fingerprint density at radius 3 is 2.47 bits per heavy atom.